The van der Waals surface area contributed by atoms with E-state index in [1.807, 2.05) is 47.8 Å². The molecular weight excluding hydrogens is 358 g/mol. The molecule has 1 saturated heterocycles. The highest BCUT2D eigenvalue weighted by molar-refractivity contribution is 7.14. The first-order valence-electron chi connectivity index (χ1n) is 9.06. The summed E-state index contributed by atoms with van der Waals surface area (Å²) in [6.45, 7) is 1.67. The number of anilines is 2. The zero-order valence-corrected chi connectivity index (χ0v) is 15.7. The van der Waals surface area contributed by atoms with Crippen LogP contribution in [0.4, 0.5) is 10.8 Å². The van der Waals surface area contributed by atoms with Crippen LogP contribution < -0.4 is 10.6 Å². The summed E-state index contributed by atoms with van der Waals surface area (Å²) in [7, 11) is 0. The Bertz CT molecular complexity index is 887. The number of thiazole rings is 1. The van der Waals surface area contributed by atoms with Gasteiger partial charge < -0.3 is 15.4 Å². The molecule has 0 aliphatic carbocycles. The molecule has 1 fully saturated rings. The average Bonchev–Trinajstić information content (AvgIpc) is 3.40. The number of carbonyl (C=O) groups excluding carboxylic acids is 1. The monoisotopic (exact) mass is 379 g/mol. The molecule has 1 atom stereocenters. The van der Waals surface area contributed by atoms with Gasteiger partial charge in [-0.05, 0) is 37.1 Å². The van der Waals surface area contributed by atoms with Gasteiger partial charge in [-0.2, -0.15) is 0 Å². The number of rotatable bonds is 6. The van der Waals surface area contributed by atoms with Crippen molar-refractivity contribution in [1.29, 1.82) is 0 Å². The number of carbonyl (C=O) groups is 1. The molecule has 1 aliphatic heterocycles. The molecule has 0 saturated carbocycles. The van der Waals surface area contributed by atoms with Crippen molar-refractivity contribution in [1.82, 2.24) is 4.98 Å². The van der Waals surface area contributed by atoms with Gasteiger partial charge >= 0.3 is 0 Å². The Labute approximate surface area is 162 Å². The fourth-order valence-electron chi connectivity index (χ4n) is 3.01. The maximum atomic E-state index is 12.2. The summed E-state index contributed by atoms with van der Waals surface area (Å²) in [4.78, 5) is 16.9. The summed E-state index contributed by atoms with van der Waals surface area (Å²) in [5.41, 5.74) is 3.35. The third-order valence-corrected chi connectivity index (χ3v) is 5.28. The first-order chi connectivity index (χ1) is 13.3. The second-order valence-electron chi connectivity index (χ2n) is 6.45. The van der Waals surface area contributed by atoms with E-state index in [9.17, 15) is 4.79 Å². The van der Waals surface area contributed by atoms with E-state index in [1.54, 1.807) is 23.5 Å². The largest absolute Gasteiger partial charge is 0.376 e. The molecule has 27 heavy (non-hydrogen) atoms. The predicted octanol–water partition coefficient (Wildman–Crippen LogP) is 4.65. The molecule has 2 aromatic carbocycles. The first-order valence-corrected chi connectivity index (χ1v) is 9.94. The first kappa shape index (κ1) is 17.7. The Hall–Kier alpha value is -2.70. The molecule has 4 rings (SSSR count). The van der Waals surface area contributed by atoms with Crippen molar-refractivity contribution < 1.29 is 9.53 Å². The van der Waals surface area contributed by atoms with Gasteiger partial charge in [0.25, 0.3) is 5.91 Å². The van der Waals surface area contributed by atoms with Crippen molar-refractivity contribution in [2.24, 2.45) is 0 Å². The smallest absolute Gasteiger partial charge is 0.255 e. The SMILES string of the molecule is O=C(Nc1ccc(-c2csc(NCC3CCCO3)n2)cc1)c1ccccc1. The van der Waals surface area contributed by atoms with Crippen LogP contribution in [-0.2, 0) is 4.74 Å². The lowest BCUT2D eigenvalue weighted by Crippen LogP contribution is -2.18. The van der Waals surface area contributed by atoms with Crippen LogP contribution in [0.2, 0.25) is 0 Å². The molecule has 0 spiro atoms. The van der Waals surface area contributed by atoms with Gasteiger partial charge in [-0.15, -0.1) is 11.3 Å². The van der Waals surface area contributed by atoms with E-state index in [1.165, 1.54) is 0 Å². The number of aromatic nitrogens is 1. The second-order valence-corrected chi connectivity index (χ2v) is 7.31. The molecule has 6 heteroatoms. The third-order valence-electron chi connectivity index (χ3n) is 4.48. The van der Waals surface area contributed by atoms with Gasteiger partial charge in [-0.25, -0.2) is 4.98 Å². The molecule has 2 heterocycles. The van der Waals surface area contributed by atoms with Crippen LogP contribution in [0, 0.1) is 0 Å². The van der Waals surface area contributed by atoms with Gasteiger partial charge in [-0.1, -0.05) is 30.3 Å². The zero-order chi connectivity index (χ0) is 18.5. The standard InChI is InChI=1S/C21H21N3O2S/c25-20(16-5-2-1-3-6-16)23-17-10-8-15(9-11-17)19-14-27-21(24-19)22-13-18-7-4-12-26-18/h1-3,5-6,8-11,14,18H,4,7,12-13H2,(H,22,24)(H,23,25). The number of ether oxygens (including phenoxy) is 1. The van der Waals surface area contributed by atoms with Gasteiger partial charge in [0.2, 0.25) is 0 Å². The van der Waals surface area contributed by atoms with E-state index in [0.717, 1.165) is 48.1 Å². The predicted molar refractivity (Wildman–Crippen MR) is 109 cm³/mol. The highest BCUT2D eigenvalue weighted by atomic mass is 32.1. The van der Waals surface area contributed by atoms with Gasteiger partial charge in [0.15, 0.2) is 5.13 Å². The molecule has 1 unspecified atom stereocenters. The summed E-state index contributed by atoms with van der Waals surface area (Å²) in [6, 6.07) is 16.9. The summed E-state index contributed by atoms with van der Waals surface area (Å²) in [5, 5.41) is 9.21. The Morgan fingerprint density at radius 2 is 1.96 bits per heavy atom. The highest BCUT2D eigenvalue weighted by Gasteiger charge is 2.15. The van der Waals surface area contributed by atoms with Crippen LogP contribution in [0.25, 0.3) is 11.3 Å². The molecule has 0 radical (unpaired) electrons. The summed E-state index contributed by atoms with van der Waals surface area (Å²) in [6.07, 6.45) is 2.55. The van der Waals surface area contributed by atoms with E-state index in [0.29, 0.717) is 11.7 Å². The van der Waals surface area contributed by atoms with Crippen molar-refractivity contribution >= 4 is 28.1 Å². The molecule has 2 N–H and O–H groups in total. The summed E-state index contributed by atoms with van der Waals surface area (Å²) >= 11 is 1.59. The molecule has 1 amide bonds. The van der Waals surface area contributed by atoms with Crippen LogP contribution in [0.15, 0.2) is 60.0 Å². The Morgan fingerprint density at radius 3 is 2.70 bits per heavy atom. The average molecular weight is 379 g/mol. The number of hydrogen-bond donors (Lipinski definition) is 2. The maximum absolute atomic E-state index is 12.2. The number of amides is 1. The van der Waals surface area contributed by atoms with E-state index >= 15 is 0 Å². The van der Waals surface area contributed by atoms with Crippen molar-refractivity contribution in [3.63, 3.8) is 0 Å². The molecule has 0 bridgehead atoms. The van der Waals surface area contributed by atoms with Crippen molar-refractivity contribution in [2.45, 2.75) is 18.9 Å². The third kappa shape index (κ3) is 4.53. The summed E-state index contributed by atoms with van der Waals surface area (Å²) < 4.78 is 5.62. The lowest BCUT2D eigenvalue weighted by molar-refractivity contribution is 0.102. The number of nitrogens with one attached hydrogen (secondary N) is 2. The van der Waals surface area contributed by atoms with Gasteiger partial charge in [0, 0.05) is 35.3 Å². The van der Waals surface area contributed by atoms with Crippen LogP contribution in [0.1, 0.15) is 23.2 Å². The van der Waals surface area contributed by atoms with Crippen molar-refractivity contribution in [2.75, 3.05) is 23.8 Å². The Kier molecular flexibility index (Phi) is 5.46. The highest BCUT2D eigenvalue weighted by Crippen LogP contribution is 2.26. The lowest BCUT2D eigenvalue weighted by Gasteiger charge is -2.09. The molecule has 1 aromatic heterocycles. The minimum Gasteiger partial charge on any atom is -0.376 e. The lowest BCUT2D eigenvalue weighted by atomic mass is 10.1. The van der Waals surface area contributed by atoms with Crippen LogP contribution in [-0.4, -0.2) is 30.1 Å². The van der Waals surface area contributed by atoms with Crippen molar-refractivity contribution in [3.05, 3.63) is 65.5 Å². The Morgan fingerprint density at radius 1 is 1.15 bits per heavy atom. The van der Waals surface area contributed by atoms with Crippen LogP contribution >= 0.6 is 11.3 Å². The minimum absolute atomic E-state index is 0.113. The number of benzene rings is 2. The molecule has 5 nitrogen and oxygen atoms in total. The summed E-state index contributed by atoms with van der Waals surface area (Å²) in [5.74, 6) is -0.113. The van der Waals surface area contributed by atoms with Gasteiger partial charge in [0.1, 0.15) is 0 Å². The van der Waals surface area contributed by atoms with Crippen molar-refractivity contribution in [3.8, 4) is 11.3 Å². The molecule has 3 aromatic rings. The minimum atomic E-state index is -0.113. The van der Waals surface area contributed by atoms with Crippen LogP contribution in [0.3, 0.4) is 0 Å². The number of nitrogens with zero attached hydrogens (tertiary/aromatic N) is 1. The van der Waals surface area contributed by atoms with E-state index in [-0.39, 0.29) is 5.91 Å². The molecule has 138 valence electrons. The quantitative estimate of drug-likeness (QED) is 0.654. The van der Waals surface area contributed by atoms with Gasteiger partial charge in [-0.3, -0.25) is 4.79 Å². The van der Waals surface area contributed by atoms with E-state index in [2.05, 4.69) is 15.6 Å². The number of hydrogen-bond acceptors (Lipinski definition) is 5. The Balaban J connectivity index is 1.36. The topological polar surface area (TPSA) is 63.2 Å². The van der Waals surface area contributed by atoms with Crippen LogP contribution in [0.5, 0.6) is 0 Å². The molecular formula is C21H21N3O2S. The fraction of sp³-hybridized carbons (Fsp3) is 0.238. The maximum Gasteiger partial charge on any atom is 0.255 e. The normalized spacial score (nSPS) is 16.2. The fourth-order valence-corrected chi connectivity index (χ4v) is 3.74. The zero-order valence-electron chi connectivity index (χ0n) is 14.9. The van der Waals surface area contributed by atoms with E-state index < -0.39 is 0 Å². The molecule has 1 aliphatic rings. The van der Waals surface area contributed by atoms with Gasteiger partial charge in [0.05, 0.1) is 11.8 Å². The second kappa shape index (κ2) is 8.33. The van der Waals surface area contributed by atoms with E-state index in [4.69, 9.17) is 4.74 Å².